The number of rotatable bonds is 7. The molecule has 1 aromatic heterocycles. The minimum atomic E-state index is -4.37. The molecule has 0 atom stereocenters. The number of aromatic nitrogens is 1. The third kappa shape index (κ3) is 5.53. The highest BCUT2D eigenvalue weighted by molar-refractivity contribution is 5.78. The van der Waals surface area contributed by atoms with Crippen LogP contribution in [0.3, 0.4) is 0 Å². The molecule has 0 spiro atoms. The largest absolute Gasteiger partial charge is 0.416 e. The summed E-state index contributed by atoms with van der Waals surface area (Å²) in [6.07, 6.45) is -2.54. The summed E-state index contributed by atoms with van der Waals surface area (Å²) in [5, 5.41) is 0. The van der Waals surface area contributed by atoms with E-state index in [-0.39, 0.29) is 11.8 Å². The Hall–Kier alpha value is -3.02. The van der Waals surface area contributed by atoms with Crippen LogP contribution in [0.25, 0.3) is 0 Å². The van der Waals surface area contributed by atoms with E-state index in [0.717, 1.165) is 17.3 Å². The monoisotopic (exact) mass is 414 g/mol. The average Bonchev–Trinajstić information content (AvgIpc) is 3.13. The standard InChI is InChI=1S/C24H25F3N2O/c1-18(2)23(30)29(15-19-8-4-3-5-9-19)17-22-12-7-13-28(22)16-20-10-6-11-21(14-20)24(25,26)27/h3-14,18H,15-17H2,1-2H3. The van der Waals surface area contributed by atoms with Crippen molar-refractivity contribution in [3.8, 4) is 0 Å². The van der Waals surface area contributed by atoms with Crippen molar-refractivity contribution in [2.24, 2.45) is 5.92 Å². The van der Waals surface area contributed by atoms with Gasteiger partial charge in [-0.3, -0.25) is 4.79 Å². The molecule has 30 heavy (non-hydrogen) atoms. The molecule has 0 fully saturated rings. The second-order valence-electron chi connectivity index (χ2n) is 7.66. The van der Waals surface area contributed by atoms with Gasteiger partial charge in [0.2, 0.25) is 5.91 Å². The van der Waals surface area contributed by atoms with E-state index in [9.17, 15) is 18.0 Å². The summed E-state index contributed by atoms with van der Waals surface area (Å²) in [6.45, 7) is 4.90. The number of hydrogen-bond donors (Lipinski definition) is 0. The second-order valence-corrected chi connectivity index (χ2v) is 7.66. The first-order valence-corrected chi connectivity index (χ1v) is 9.87. The number of nitrogens with zero attached hydrogens (tertiary/aromatic N) is 2. The minimum Gasteiger partial charge on any atom is -0.345 e. The van der Waals surface area contributed by atoms with Gasteiger partial charge in [-0.2, -0.15) is 13.2 Å². The molecular weight excluding hydrogens is 389 g/mol. The van der Waals surface area contributed by atoms with E-state index in [4.69, 9.17) is 0 Å². The lowest BCUT2D eigenvalue weighted by Gasteiger charge is -2.25. The maximum absolute atomic E-state index is 13.0. The summed E-state index contributed by atoms with van der Waals surface area (Å²) in [4.78, 5) is 14.6. The molecule has 0 saturated carbocycles. The van der Waals surface area contributed by atoms with Crippen molar-refractivity contribution in [3.05, 3.63) is 95.3 Å². The van der Waals surface area contributed by atoms with Gasteiger partial charge in [-0.1, -0.05) is 56.3 Å². The molecule has 0 unspecified atom stereocenters. The maximum Gasteiger partial charge on any atom is 0.416 e. The summed E-state index contributed by atoms with van der Waals surface area (Å²) in [6, 6.07) is 18.8. The molecular formula is C24H25F3N2O. The Kier molecular flexibility index (Phi) is 6.65. The fourth-order valence-corrected chi connectivity index (χ4v) is 3.37. The molecule has 0 aliphatic carbocycles. The van der Waals surface area contributed by atoms with Crippen LogP contribution in [0.5, 0.6) is 0 Å². The first-order valence-electron chi connectivity index (χ1n) is 9.87. The van der Waals surface area contributed by atoms with Gasteiger partial charge in [-0.15, -0.1) is 0 Å². The van der Waals surface area contributed by atoms with Crippen LogP contribution in [0.2, 0.25) is 0 Å². The Morgan fingerprint density at radius 3 is 2.30 bits per heavy atom. The predicted octanol–water partition coefficient (Wildman–Crippen LogP) is 5.74. The normalized spacial score (nSPS) is 11.7. The molecule has 0 saturated heterocycles. The summed E-state index contributed by atoms with van der Waals surface area (Å²) < 4.78 is 40.9. The molecule has 6 heteroatoms. The number of carbonyl (C=O) groups excluding carboxylic acids is 1. The van der Waals surface area contributed by atoms with Crippen LogP contribution in [0.15, 0.2) is 72.9 Å². The number of carbonyl (C=O) groups is 1. The second kappa shape index (κ2) is 9.20. The van der Waals surface area contributed by atoms with Crippen molar-refractivity contribution < 1.29 is 18.0 Å². The third-order valence-electron chi connectivity index (χ3n) is 4.91. The van der Waals surface area contributed by atoms with Crippen molar-refractivity contribution in [1.29, 1.82) is 0 Å². The predicted molar refractivity (Wildman–Crippen MR) is 111 cm³/mol. The topological polar surface area (TPSA) is 25.2 Å². The molecule has 0 bridgehead atoms. The first-order chi connectivity index (χ1) is 14.2. The van der Waals surface area contributed by atoms with Crippen LogP contribution in [0.1, 0.15) is 36.2 Å². The Morgan fingerprint density at radius 1 is 0.933 bits per heavy atom. The van der Waals surface area contributed by atoms with Gasteiger partial charge in [0, 0.05) is 30.9 Å². The highest BCUT2D eigenvalue weighted by Gasteiger charge is 2.30. The zero-order valence-electron chi connectivity index (χ0n) is 17.1. The van der Waals surface area contributed by atoms with Gasteiger partial charge in [0.15, 0.2) is 0 Å². The number of amides is 1. The molecule has 0 N–H and O–H groups in total. The Balaban J connectivity index is 1.81. The Bertz CT molecular complexity index is 977. The number of hydrogen-bond acceptors (Lipinski definition) is 1. The molecule has 0 aliphatic heterocycles. The summed E-state index contributed by atoms with van der Waals surface area (Å²) in [7, 11) is 0. The van der Waals surface area contributed by atoms with Crippen molar-refractivity contribution in [2.45, 2.75) is 39.7 Å². The molecule has 1 amide bonds. The van der Waals surface area contributed by atoms with E-state index in [1.807, 2.05) is 67.1 Å². The zero-order valence-corrected chi connectivity index (χ0v) is 17.1. The van der Waals surface area contributed by atoms with Crippen LogP contribution in [-0.2, 0) is 30.6 Å². The zero-order chi connectivity index (χ0) is 21.7. The summed E-state index contributed by atoms with van der Waals surface area (Å²) in [5.41, 5.74) is 1.81. The van der Waals surface area contributed by atoms with Crippen LogP contribution in [0, 0.1) is 5.92 Å². The molecule has 3 rings (SSSR count). The molecule has 158 valence electrons. The number of benzene rings is 2. The van der Waals surface area contributed by atoms with Gasteiger partial charge in [0.1, 0.15) is 0 Å². The molecule has 0 radical (unpaired) electrons. The fourth-order valence-electron chi connectivity index (χ4n) is 3.37. The van der Waals surface area contributed by atoms with Crippen LogP contribution in [0.4, 0.5) is 13.2 Å². The molecule has 3 aromatic rings. The van der Waals surface area contributed by atoms with Crippen LogP contribution >= 0.6 is 0 Å². The molecule has 3 nitrogen and oxygen atoms in total. The van der Waals surface area contributed by atoms with Crippen LogP contribution < -0.4 is 0 Å². The van der Waals surface area contributed by atoms with Crippen molar-refractivity contribution in [2.75, 3.05) is 0 Å². The summed E-state index contributed by atoms with van der Waals surface area (Å²) >= 11 is 0. The Labute approximate surface area is 174 Å². The Morgan fingerprint density at radius 2 is 1.63 bits per heavy atom. The van der Waals surface area contributed by atoms with Crippen molar-refractivity contribution in [1.82, 2.24) is 9.47 Å². The fraction of sp³-hybridized carbons (Fsp3) is 0.292. The average molecular weight is 414 g/mol. The lowest BCUT2D eigenvalue weighted by Crippen LogP contribution is -2.34. The van der Waals surface area contributed by atoms with E-state index >= 15 is 0 Å². The highest BCUT2D eigenvalue weighted by Crippen LogP contribution is 2.29. The lowest BCUT2D eigenvalue weighted by molar-refractivity contribution is -0.138. The van der Waals surface area contributed by atoms with Crippen molar-refractivity contribution >= 4 is 5.91 Å². The maximum atomic E-state index is 13.0. The van der Waals surface area contributed by atoms with E-state index < -0.39 is 11.7 Å². The van der Waals surface area contributed by atoms with Gasteiger partial charge in [-0.25, -0.2) is 0 Å². The summed E-state index contributed by atoms with van der Waals surface area (Å²) in [5.74, 6) is -0.119. The molecule has 1 heterocycles. The third-order valence-corrected chi connectivity index (χ3v) is 4.91. The first kappa shape index (κ1) is 21.7. The van der Waals surface area contributed by atoms with Gasteiger partial charge >= 0.3 is 6.18 Å². The van der Waals surface area contributed by atoms with Gasteiger partial charge in [-0.05, 0) is 35.4 Å². The van der Waals surface area contributed by atoms with Crippen molar-refractivity contribution in [3.63, 3.8) is 0 Å². The van der Waals surface area contributed by atoms with E-state index in [1.54, 1.807) is 11.0 Å². The lowest BCUT2D eigenvalue weighted by atomic mass is 10.1. The minimum absolute atomic E-state index is 0.0330. The molecule has 0 aliphatic rings. The van der Waals surface area contributed by atoms with Gasteiger partial charge in [0.05, 0.1) is 12.1 Å². The number of halogens is 3. The van der Waals surface area contributed by atoms with E-state index in [0.29, 0.717) is 25.2 Å². The quantitative estimate of drug-likeness (QED) is 0.484. The van der Waals surface area contributed by atoms with Gasteiger partial charge in [0.25, 0.3) is 0 Å². The van der Waals surface area contributed by atoms with E-state index in [1.165, 1.54) is 12.1 Å². The van der Waals surface area contributed by atoms with Crippen LogP contribution in [-0.4, -0.2) is 15.4 Å². The van der Waals surface area contributed by atoms with Gasteiger partial charge < -0.3 is 9.47 Å². The molecule has 2 aromatic carbocycles. The SMILES string of the molecule is CC(C)C(=O)N(Cc1ccccc1)Cc1cccn1Cc1cccc(C(F)(F)F)c1. The number of alkyl halides is 3. The smallest absolute Gasteiger partial charge is 0.345 e. The highest BCUT2D eigenvalue weighted by atomic mass is 19.4. The van der Waals surface area contributed by atoms with E-state index in [2.05, 4.69) is 0 Å².